The Morgan fingerprint density at radius 2 is 1.90 bits per heavy atom. The molecule has 0 radical (unpaired) electrons. The van der Waals surface area contributed by atoms with Gasteiger partial charge in [-0.15, -0.1) is 0 Å². The van der Waals surface area contributed by atoms with Crippen LogP contribution in [0.4, 0.5) is 4.39 Å². The lowest BCUT2D eigenvalue weighted by molar-refractivity contribution is 0.0745. The third kappa shape index (κ3) is 4.40. The van der Waals surface area contributed by atoms with Gasteiger partial charge in [-0.05, 0) is 36.6 Å². The minimum absolute atomic E-state index is 0.134. The molecule has 0 saturated heterocycles. The van der Waals surface area contributed by atoms with Crippen LogP contribution in [0.25, 0.3) is 0 Å². The zero-order valence-electron chi connectivity index (χ0n) is 16.8. The standard InChI is InChI=1S/C23H23FN4O2/c1-16-5-2-7-18(11-16)15-27-9-4-10-28-21(23(27)30)13-20(26-28)22(29)25-14-17-6-3-8-19(24)12-17/h2-3,5-8,11-13H,4,9-10,14-15H2,1H3,(H,25,29). The molecule has 0 spiro atoms. The smallest absolute Gasteiger partial charge is 0.272 e. The summed E-state index contributed by atoms with van der Waals surface area (Å²) in [4.78, 5) is 27.4. The predicted molar refractivity (Wildman–Crippen MR) is 110 cm³/mol. The first kappa shape index (κ1) is 19.8. The lowest BCUT2D eigenvalue weighted by Gasteiger charge is -2.20. The number of aromatic nitrogens is 2. The van der Waals surface area contributed by atoms with E-state index in [2.05, 4.69) is 16.5 Å². The second kappa shape index (κ2) is 8.49. The van der Waals surface area contributed by atoms with Crippen LogP contribution < -0.4 is 5.32 Å². The van der Waals surface area contributed by atoms with Gasteiger partial charge in [-0.3, -0.25) is 14.3 Å². The molecule has 0 saturated carbocycles. The van der Waals surface area contributed by atoms with E-state index < -0.39 is 5.91 Å². The van der Waals surface area contributed by atoms with Gasteiger partial charge in [0.2, 0.25) is 0 Å². The lowest BCUT2D eigenvalue weighted by Crippen LogP contribution is -2.30. The molecule has 1 N–H and O–H groups in total. The highest BCUT2D eigenvalue weighted by Crippen LogP contribution is 2.17. The SMILES string of the molecule is Cc1cccc(CN2CCCn3nc(C(=O)NCc4cccc(F)c4)cc3C2=O)c1. The fourth-order valence-electron chi connectivity index (χ4n) is 3.65. The molecule has 0 atom stereocenters. The summed E-state index contributed by atoms with van der Waals surface area (Å²) in [6.45, 7) is 3.94. The molecule has 0 aliphatic carbocycles. The van der Waals surface area contributed by atoms with Gasteiger partial charge in [-0.25, -0.2) is 4.39 Å². The van der Waals surface area contributed by atoms with Crippen LogP contribution in [0, 0.1) is 12.7 Å². The Hall–Kier alpha value is -3.48. The highest BCUT2D eigenvalue weighted by atomic mass is 19.1. The molecule has 7 heteroatoms. The highest BCUT2D eigenvalue weighted by Gasteiger charge is 2.26. The van der Waals surface area contributed by atoms with E-state index in [1.165, 1.54) is 18.2 Å². The van der Waals surface area contributed by atoms with Crippen LogP contribution in [-0.4, -0.2) is 33.0 Å². The average Bonchev–Trinajstić information content (AvgIpc) is 3.09. The van der Waals surface area contributed by atoms with Crippen LogP contribution in [0.2, 0.25) is 0 Å². The fraction of sp³-hybridized carbons (Fsp3) is 0.261. The molecule has 154 valence electrons. The molecule has 2 heterocycles. The molecular formula is C23H23FN4O2. The van der Waals surface area contributed by atoms with Crippen molar-refractivity contribution < 1.29 is 14.0 Å². The second-order valence-electron chi connectivity index (χ2n) is 7.52. The largest absolute Gasteiger partial charge is 0.347 e. The molecule has 3 aromatic rings. The molecule has 1 aliphatic heterocycles. The average molecular weight is 406 g/mol. The van der Waals surface area contributed by atoms with Gasteiger partial charge in [-0.1, -0.05) is 42.0 Å². The lowest BCUT2D eigenvalue weighted by atomic mass is 10.1. The number of hydrogen-bond donors (Lipinski definition) is 1. The summed E-state index contributed by atoms with van der Waals surface area (Å²) in [5, 5.41) is 7.06. The molecule has 6 nitrogen and oxygen atoms in total. The van der Waals surface area contributed by atoms with Crippen LogP contribution in [0.3, 0.4) is 0 Å². The van der Waals surface area contributed by atoms with E-state index in [9.17, 15) is 14.0 Å². The minimum atomic E-state index is -0.391. The molecular weight excluding hydrogens is 383 g/mol. The zero-order chi connectivity index (χ0) is 21.1. The Balaban J connectivity index is 1.47. The molecule has 30 heavy (non-hydrogen) atoms. The number of halogens is 1. The number of amides is 2. The second-order valence-corrected chi connectivity index (χ2v) is 7.52. The Kier molecular flexibility index (Phi) is 5.61. The summed E-state index contributed by atoms with van der Waals surface area (Å²) in [6.07, 6.45) is 0.761. The first-order valence-corrected chi connectivity index (χ1v) is 9.95. The maximum atomic E-state index is 13.3. The van der Waals surface area contributed by atoms with Crippen LogP contribution in [0.15, 0.2) is 54.6 Å². The Morgan fingerprint density at radius 3 is 2.70 bits per heavy atom. The van der Waals surface area contributed by atoms with Gasteiger partial charge < -0.3 is 10.2 Å². The highest BCUT2D eigenvalue weighted by molar-refractivity contribution is 5.98. The van der Waals surface area contributed by atoms with Gasteiger partial charge >= 0.3 is 0 Å². The van der Waals surface area contributed by atoms with Crippen molar-refractivity contribution in [3.63, 3.8) is 0 Å². The molecule has 2 aromatic carbocycles. The van der Waals surface area contributed by atoms with Gasteiger partial charge in [-0.2, -0.15) is 5.10 Å². The van der Waals surface area contributed by atoms with Gasteiger partial charge in [0.05, 0.1) is 0 Å². The Bertz CT molecular complexity index is 1090. The van der Waals surface area contributed by atoms with Gasteiger partial charge in [0, 0.05) is 32.2 Å². The van der Waals surface area contributed by atoms with E-state index in [4.69, 9.17) is 0 Å². The van der Waals surface area contributed by atoms with Crippen molar-refractivity contribution in [1.29, 1.82) is 0 Å². The van der Waals surface area contributed by atoms with Crippen molar-refractivity contribution in [2.24, 2.45) is 0 Å². The number of carbonyl (C=O) groups is 2. The number of fused-ring (bicyclic) bond motifs is 1. The normalized spacial score (nSPS) is 13.7. The summed E-state index contributed by atoms with van der Waals surface area (Å²) in [5.74, 6) is -0.877. The predicted octanol–water partition coefficient (Wildman–Crippen LogP) is 3.31. The van der Waals surface area contributed by atoms with Crippen LogP contribution in [0.1, 0.15) is 44.1 Å². The van der Waals surface area contributed by atoms with Gasteiger partial charge in [0.25, 0.3) is 11.8 Å². The molecule has 0 bridgehead atoms. The van der Waals surface area contributed by atoms with Gasteiger partial charge in [0.15, 0.2) is 5.69 Å². The summed E-state index contributed by atoms with van der Waals surface area (Å²) in [5.41, 5.74) is 3.48. The molecule has 4 rings (SSSR count). The maximum Gasteiger partial charge on any atom is 0.272 e. The number of rotatable bonds is 5. The topological polar surface area (TPSA) is 67.2 Å². The molecule has 1 aliphatic rings. The molecule has 1 aromatic heterocycles. The van der Waals surface area contributed by atoms with Crippen molar-refractivity contribution in [2.45, 2.75) is 33.0 Å². The fourth-order valence-corrected chi connectivity index (χ4v) is 3.65. The van der Waals surface area contributed by atoms with Gasteiger partial charge in [0.1, 0.15) is 11.5 Å². The summed E-state index contributed by atoms with van der Waals surface area (Å²) >= 11 is 0. The van der Waals surface area contributed by atoms with Crippen LogP contribution in [-0.2, 0) is 19.6 Å². The zero-order valence-corrected chi connectivity index (χ0v) is 16.8. The first-order chi connectivity index (χ1) is 14.5. The van der Waals surface area contributed by atoms with E-state index in [1.807, 2.05) is 25.1 Å². The number of carbonyl (C=O) groups excluding carboxylic acids is 2. The van der Waals surface area contributed by atoms with Crippen molar-refractivity contribution in [3.8, 4) is 0 Å². The number of aryl methyl sites for hydroxylation is 2. The van der Waals surface area contributed by atoms with E-state index >= 15 is 0 Å². The summed E-state index contributed by atoms with van der Waals surface area (Å²) in [6, 6.07) is 15.7. The van der Waals surface area contributed by atoms with Crippen molar-refractivity contribution in [2.75, 3.05) is 6.54 Å². The third-order valence-corrected chi connectivity index (χ3v) is 5.11. The van der Waals surface area contributed by atoms with Crippen LogP contribution >= 0.6 is 0 Å². The van der Waals surface area contributed by atoms with E-state index in [0.717, 1.165) is 17.5 Å². The van der Waals surface area contributed by atoms with E-state index in [-0.39, 0.29) is 24.0 Å². The first-order valence-electron chi connectivity index (χ1n) is 9.95. The van der Waals surface area contributed by atoms with E-state index in [1.54, 1.807) is 21.7 Å². The van der Waals surface area contributed by atoms with Crippen molar-refractivity contribution in [1.82, 2.24) is 20.0 Å². The molecule has 2 amide bonds. The maximum absolute atomic E-state index is 13.3. The van der Waals surface area contributed by atoms with Crippen molar-refractivity contribution in [3.05, 3.63) is 88.5 Å². The molecule has 0 fully saturated rings. The number of nitrogens with one attached hydrogen (secondary N) is 1. The third-order valence-electron chi connectivity index (χ3n) is 5.11. The quantitative estimate of drug-likeness (QED) is 0.707. The summed E-state index contributed by atoms with van der Waals surface area (Å²) in [7, 11) is 0. The number of benzene rings is 2. The Labute approximate surface area is 174 Å². The Morgan fingerprint density at radius 1 is 1.10 bits per heavy atom. The number of nitrogens with zero attached hydrogens (tertiary/aromatic N) is 3. The van der Waals surface area contributed by atoms with Crippen LogP contribution in [0.5, 0.6) is 0 Å². The monoisotopic (exact) mass is 406 g/mol. The minimum Gasteiger partial charge on any atom is -0.347 e. The van der Waals surface area contributed by atoms with E-state index in [0.29, 0.717) is 30.9 Å². The van der Waals surface area contributed by atoms with Crippen molar-refractivity contribution >= 4 is 11.8 Å². The molecule has 0 unspecified atom stereocenters. The summed E-state index contributed by atoms with van der Waals surface area (Å²) < 4.78 is 14.9. The number of hydrogen-bond acceptors (Lipinski definition) is 3.